The first-order chi connectivity index (χ1) is 9.86. The van der Waals surface area contributed by atoms with Crippen molar-refractivity contribution in [3.8, 4) is 0 Å². The van der Waals surface area contributed by atoms with Crippen LogP contribution in [0.4, 0.5) is 5.69 Å². The Kier molecular flexibility index (Phi) is 4.63. The van der Waals surface area contributed by atoms with E-state index < -0.39 is 5.97 Å². The fraction of sp³-hybridized carbons (Fsp3) is 0.375. The van der Waals surface area contributed by atoms with Crippen LogP contribution in [0.3, 0.4) is 0 Å². The molecule has 112 valence electrons. The lowest BCUT2D eigenvalue weighted by Gasteiger charge is -2.22. The van der Waals surface area contributed by atoms with E-state index in [0.29, 0.717) is 6.54 Å². The molecule has 0 radical (unpaired) electrons. The van der Waals surface area contributed by atoms with Crippen LogP contribution >= 0.6 is 11.3 Å². The highest BCUT2D eigenvalue weighted by Crippen LogP contribution is 2.26. The van der Waals surface area contributed by atoms with Crippen molar-refractivity contribution in [1.29, 1.82) is 0 Å². The fourth-order valence-corrected chi connectivity index (χ4v) is 2.86. The van der Waals surface area contributed by atoms with Gasteiger partial charge in [0.1, 0.15) is 6.54 Å². The first kappa shape index (κ1) is 15.5. The summed E-state index contributed by atoms with van der Waals surface area (Å²) in [5.41, 5.74) is 1.83. The summed E-state index contributed by atoms with van der Waals surface area (Å²) in [7, 11) is 0. The fourth-order valence-electron chi connectivity index (χ4n) is 1.96. The van der Waals surface area contributed by atoms with Gasteiger partial charge in [0.25, 0.3) is 0 Å². The minimum absolute atomic E-state index is 0.0211. The van der Waals surface area contributed by atoms with Gasteiger partial charge in [-0.3, -0.25) is 4.79 Å². The molecular formula is C16H20N2O2S. The molecule has 0 fully saturated rings. The molecule has 0 spiro atoms. The molecule has 0 aliphatic heterocycles. The second-order valence-electron chi connectivity index (χ2n) is 5.98. The lowest BCUT2D eigenvalue weighted by Crippen LogP contribution is -2.29. The van der Waals surface area contributed by atoms with Crippen molar-refractivity contribution in [2.24, 2.45) is 0 Å². The minimum atomic E-state index is -0.842. The van der Waals surface area contributed by atoms with E-state index in [0.717, 1.165) is 16.4 Å². The molecule has 1 N–H and O–H groups in total. The van der Waals surface area contributed by atoms with Crippen molar-refractivity contribution in [3.05, 3.63) is 46.4 Å². The summed E-state index contributed by atoms with van der Waals surface area (Å²) >= 11 is 1.63. The average Bonchev–Trinajstić information content (AvgIpc) is 2.87. The maximum atomic E-state index is 11.1. The van der Waals surface area contributed by atoms with Crippen LogP contribution in [0.15, 0.2) is 35.7 Å². The Balaban J connectivity index is 2.19. The normalized spacial score (nSPS) is 11.4. The number of aliphatic carboxylic acids is 1. The first-order valence-corrected chi connectivity index (χ1v) is 7.71. The molecule has 0 aliphatic carbocycles. The molecule has 1 heterocycles. The van der Waals surface area contributed by atoms with Crippen molar-refractivity contribution < 1.29 is 9.90 Å². The molecular weight excluding hydrogens is 284 g/mol. The number of carbonyl (C=O) groups is 1. The van der Waals surface area contributed by atoms with E-state index in [-0.39, 0.29) is 12.0 Å². The van der Waals surface area contributed by atoms with Gasteiger partial charge in [-0.2, -0.15) is 0 Å². The molecule has 4 nitrogen and oxygen atoms in total. The third-order valence-electron chi connectivity index (χ3n) is 2.99. The van der Waals surface area contributed by atoms with Crippen LogP contribution in [0.25, 0.3) is 0 Å². The predicted molar refractivity (Wildman–Crippen MR) is 85.9 cm³/mol. The molecule has 1 aromatic heterocycles. The lowest BCUT2D eigenvalue weighted by atomic mass is 9.98. The number of rotatable bonds is 5. The molecule has 0 bridgehead atoms. The molecule has 5 heteroatoms. The van der Waals surface area contributed by atoms with Crippen LogP contribution < -0.4 is 4.90 Å². The van der Waals surface area contributed by atoms with Gasteiger partial charge in [-0.15, -0.1) is 11.3 Å². The van der Waals surface area contributed by atoms with Gasteiger partial charge in [0.2, 0.25) is 0 Å². The summed E-state index contributed by atoms with van der Waals surface area (Å²) < 4.78 is 0. The van der Waals surface area contributed by atoms with Crippen LogP contribution in [0.1, 0.15) is 31.5 Å². The summed E-state index contributed by atoms with van der Waals surface area (Å²) in [6.07, 6.45) is 0. The Morgan fingerprint density at radius 2 is 1.95 bits per heavy atom. The number of anilines is 1. The van der Waals surface area contributed by atoms with Crippen LogP contribution in [0.5, 0.6) is 0 Å². The summed E-state index contributed by atoms with van der Waals surface area (Å²) in [5.74, 6) is -0.842. The number of hydrogen-bond acceptors (Lipinski definition) is 4. The van der Waals surface area contributed by atoms with Gasteiger partial charge >= 0.3 is 5.97 Å². The zero-order valence-corrected chi connectivity index (χ0v) is 13.4. The number of hydrogen-bond donors (Lipinski definition) is 1. The third kappa shape index (κ3) is 4.29. The van der Waals surface area contributed by atoms with Gasteiger partial charge in [0.15, 0.2) is 0 Å². The monoisotopic (exact) mass is 304 g/mol. The smallest absolute Gasteiger partial charge is 0.323 e. The Morgan fingerprint density at radius 3 is 2.48 bits per heavy atom. The molecule has 0 atom stereocenters. The van der Waals surface area contributed by atoms with Gasteiger partial charge in [-0.1, -0.05) is 39.0 Å². The van der Waals surface area contributed by atoms with Gasteiger partial charge in [0.05, 0.1) is 17.2 Å². The third-order valence-corrected chi connectivity index (χ3v) is 4.31. The Hall–Kier alpha value is -1.88. The molecule has 0 unspecified atom stereocenters. The average molecular weight is 304 g/mol. The van der Waals surface area contributed by atoms with Crippen LogP contribution in [0.2, 0.25) is 0 Å². The highest BCUT2D eigenvalue weighted by atomic mass is 32.1. The largest absolute Gasteiger partial charge is 0.480 e. The van der Waals surface area contributed by atoms with Crippen molar-refractivity contribution in [2.45, 2.75) is 32.7 Å². The molecule has 21 heavy (non-hydrogen) atoms. The molecule has 1 aromatic carbocycles. The SMILES string of the molecule is CC(C)(C)c1nc(CN(CC(=O)O)c2ccccc2)cs1. The number of carboxylic acid groups (broad SMARTS) is 1. The summed E-state index contributed by atoms with van der Waals surface area (Å²) in [6.45, 7) is 6.85. The first-order valence-electron chi connectivity index (χ1n) is 6.83. The minimum Gasteiger partial charge on any atom is -0.480 e. The predicted octanol–water partition coefficient (Wildman–Crippen LogP) is 3.53. The summed E-state index contributed by atoms with van der Waals surface area (Å²) in [4.78, 5) is 17.5. The van der Waals surface area contributed by atoms with Crippen molar-refractivity contribution >= 4 is 23.0 Å². The van der Waals surface area contributed by atoms with Crippen LogP contribution in [-0.2, 0) is 16.8 Å². The van der Waals surface area contributed by atoms with E-state index in [2.05, 4.69) is 25.8 Å². The highest BCUT2D eigenvalue weighted by Gasteiger charge is 2.19. The second kappa shape index (κ2) is 6.26. The van der Waals surface area contributed by atoms with Crippen molar-refractivity contribution in [3.63, 3.8) is 0 Å². The molecule has 2 rings (SSSR count). The molecule has 0 saturated heterocycles. The van der Waals surface area contributed by atoms with E-state index in [1.54, 1.807) is 11.3 Å². The number of aromatic nitrogens is 1. The van der Waals surface area contributed by atoms with Gasteiger partial charge in [-0.05, 0) is 12.1 Å². The zero-order valence-electron chi connectivity index (χ0n) is 12.5. The number of nitrogens with zero attached hydrogens (tertiary/aromatic N) is 2. The van der Waals surface area contributed by atoms with E-state index in [9.17, 15) is 4.79 Å². The zero-order chi connectivity index (χ0) is 15.5. The van der Waals surface area contributed by atoms with Gasteiger partial charge in [0, 0.05) is 16.5 Å². The van der Waals surface area contributed by atoms with Crippen molar-refractivity contribution in [2.75, 3.05) is 11.4 Å². The highest BCUT2D eigenvalue weighted by molar-refractivity contribution is 7.09. The molecule has 2 aromatic rings. The number of thiazole rings is 1. The molecule has 0 saturated carbocycles. The Bertz CT molecular complexity index is 602. The Morgan fingerprint density at radius 1 is 1.29 bits per heavy atom. The summed E-state index contributed by atoms with van der Waals surface area (Å²) in [6, 6.07) is 9.57. The quantitative estimate of drug-likeness (QED) is 0.918. The van der Waals surface area contributed by atoms with E-state index >= 15 is 0 Å². The van der Waals surface area contributed by atoms with Crippen molar-refractivity contribution in [1.82, 2.24) is 4.98 Å². The molecule has 0 aliphatic rings. The summed E-state index contributed by atoms with van der Waals surface area (Å²) in [5, 5.41) is 12.2. The van der Waals surface area contributed by atoms with E-state index in [1.807, 2.05) is 40.6 Å². The van der Waals surface area contributed by atoms with Gasteiger partial charge < -0.3 is 10.0 Å². The van der Waals surface area contributed by atoms with Gasteiger partial charge in [-0.25, -0.2) is 4.98 Å². The number of benzene rings is 1. The van der Waals surface area contributed by atoms with Crippen LogP contribution in [-0.4, -0.2) is 22.6 Å². The van der Waals surface area contributed by atoms with E-state index in [4.69, 9.17) is 5.11 Å². The maximum Gasteiger partial charge on any atom is 0.323 e. The lowest BCUT2D eigenvalue weighted by molar-refractivity contribution is -0.135. The topological polar surface area (TPSA) is 53.4 Å². The maximum absolute atomic E-state index is 11.1. The van der Waals surface area contributed by atoms with Crippen LogP contribution in [0, 0.1) is 0 Å². The second-order valence-corrected chi connectivity index (χ2v) is 6.84. The number of para-hydroxylation sites is 1. The number of carboxylic acids is 1. The molecule has 0 amide bonds. The Labute approximate surface area is 129 Å². The standard InChI is InChI=1S/C16H20N2O2S/c1-16(2,3)15-17-12(11-21-15)9-18(10-14(19)20)13-7-5-4-6-8-13/h4-8,11H,9-10H2,1-3H3,(H,19,20). The van der Waals surface area contributed by atoms with E-state index in [1.165, 1.54) is 0 Å².